The highest BCUT2D eigenvalue weighted by atomic mass is 15.2. The number of aromatic nitrogens is 4. The molecule has 0 spiro atoms. The van der Waals surface area contributed by atoms with Crippen LogP contribution in [0.5, 0.6) is 0 Å². The Morgan fingerprint density at radius 1 is 0.323 bits per heavy atom. The Labute approximate surface area is 360 Å². The summed E-state index contributed by atoms with van der Waals surface area (Å²) in [5, 5.41) is 2.28. The standard InChI is InChI=1S/C58H38N4/c1-6-19-39(20-7-1)46-30-18-32-52-54(46)49-36-34-43(38-53(49)62(52)57-60-55(40-21-8-2-9-22-40)59-56(61-57)41-23-10-3-11-24-41)42-33-35-48-47-29-16-17-31-50(47)58(51(48)37-42,44-25-12-4-13-26-44)45-27-14-5-15-28-45/h1-38H. The normalized spacial score (nSPS) is 12.6. The van der Waals surface area contributed by atoms with Crippen LogP contribution in [0.2, 0.25) is 0 Å². The van der Waals surface area contributed by atoms with E-state index in [2.05, 4.69) is 199 Å². The third-order valence-corrected chi connectivity index (χ3v) is 12.6. The van der Waals surface area contributed by atoms with Crippen LogP contribution >= 0.6 is 0 Å². The lowest BCUT2D eigenvalue weighted by Gasteiger charge is -2.34. The Bertz CT molecular complexity index is 3340. The lowest BCUT2D eigenvalue weighted by Crippen LogP contribution is -2.28. The van der Waals surface area contributed by atoms with Crippen molar-refractivity contribution in [1.82, 2.24) is 19.5 Å². The van der Waals surface area contributed by atoms with E-state index in [1.165, 1.54) is 33.4 Å². The van der Waals surface area contributed by atoms with Crippen molar-refractivity contribution in [1.29, 1.82) is 0 Å². The van der Waals surface area contributed by atoms with E-state index in [9.17, 15) is 0 Å². The molecule has 1 aliphatic carbocycles. The SMILES string of the molecule is c1ccc(-c2nc(-c3ccccc3)nc(-n3c4cc(-c5ccc6c(c5)C(c5ccccc5)(c5ccccc5)c5ccccc5-6)ccc4c4c(-c5ccccc5)cccc43)n2)cc1. The Morgan fingerprint density at radius 2 is 0.823 bits per heavy atom. The maximum atomic E-state index is 5.27. The first kappa shape index (κ1) is 35.7. The molecule has 0 atom stereocenters. The highest BCUT2D eigenvalue weighted by Gasteiger charge is 2.46. The van der Waals surface area contributed by atoms with Gasteiger partial charge >= 0.3 is 0 Å². The van der Waals surface area contributed by atoms with Crippen molar-refractivity contribution in [2.75, 3.05) is 0 Å². The van der Waals surface area contributed by atoms with E-state index in [-0.39, 0.29) is 0 Å². The van der Waals surface area contributed by atoms with Gasteiger partial charge in [-0.3, -0.25) is 4.57 Å². The number of benzene rings is 9. The first-order chi connectivity index (χ1) is 30.8. The van der Waals surface area contributed by atoms with Gasteiger partial charge in [0.15, 0.2) is 11.6 Å². The molecule has 2 aromatic heterocycles. The summed E-state index contributed by atoms with van der Waals surface area (Å²) in [6.45, 7) is 0. The monoisotopic (exact) mass is 790 g/mol. The average Bonchev–Trinajstić information content (AvgIpc) is 3.85. The molecule has 290 valence electrons. The van der Waals surface area contributed by atoms with Crippen molar-refractivity contribution >= 4 is 21.8 Å². The fourth-order valence-electron chi connectivity index (χ4n) is 9.84. The van der Waals surface area contributed by atoms with E-state index in [0.29, 0.717) is 17.6 Å². The van der Waals surface area contributed by atoms with E-state index in [0.717, 1.165) is 55.2 Å². The molecule has 0 amide bonds. The third-order valence-electron chi connectivity index (χ3n) is 12.6. The largest absolute Gasteiger partial charge is 0.278 e. The molecule has 4 heteroatoms. The summed E-state index contributed by atoms with van der Waals surface area (Å²) in [5.41, 5.74) is 15.6. The average molecular weight is 791 g/mol. The molecule has 9 aromatic carbocycles. The molecular formula is C58H38N4. The molecule has 0 fully saturated rings. The van der Waals surface area contributed by atoms with Gasteiger partial charge in [-0.05, 0) is 73.8 Å². The van der Waals surface area contributed by atoms with Crippen LogP contribution in [0.1, 0.15) is 22.3 Å². The quantitative estimate of drug-likeness (QED) is 0.161. The second-order valence-corrected chi connectivity index (χ2v) is 15.9. The third kappa shape index (κ3) is 5.58. The van der Waals surface area contributed by atoms with Gasteiger partial charge in [-0.2, -0.15) is 9.97 Å². The number of nitrogens with zero attached hydrogens (tertiary/aromatic N) is 4. The number of rotatable bonds is 7. The minimum atomic E-state index is -0.499. The van der Waals surface area contributed by atoms with Gasteiger partial charge in [-0.25, -0.2) is 4.98 Å². The molecule has 0 radical (unpaired) electrons. The van der Waals surface area contributed by atoms with Crippen LogP contribution in [-0.2, 0) is 5.41 Å². The molecule has 12 rings (SSSR count). The second-order valence-electron chi connectivity index (χ2n) is 15.9. The number of hydrogen-bond donors (Lipinski definition) is 0. The van der Waals surface area contributed by atoms with Gasteiger partial charge in [0, 0.05) is 21.9 Å². The van der Waals surface area contributed by atoms with Gasteiger partial charge in [0.05, 0.1) is 16.4 Å². The molecule has 0 N–H and O–H groups in total. The van der Waals surface area contributed by atoms with E-state index >= 15 is 0 Å². The van der Waals surface area contributed by atoms with Crippen molar-refractivity contribution in [3.63, 3.8) is 0 Å². The molecule has 0 unspecified atom stereocenters. The first-order valence-electron chi connectivity index (χ1n) is 21.1. The summed E-state index contributed by atoms with van der Waals surface area (Å²) in [5.74, 6) is 1.81. The molecule has 4 nitrogen and oxygen atoms in total. The summed E-state index contributed by atoms with van der Waals surface area (Å²) < 4.78 is 2.24. The van der Waals surface area contributed by atoms with Crippen LogP contribution in [0.4, 0.5) is 0 Å². The summed E-state index contributed by atoms with van der Waals surface area (Å²) in [6, 6.07) is 82.4. The molecule has 11 aromatic rings. The smallest absolute Gasteiger partial charge is 0.238 e. The van der Waals surface area contributed by atoms with Gasteiger partial charge in [0.1, 0.15) is 0 Å². The Hall–Kier alpha value is -8.21. The van der Waals surface area contributed by atoms with Gasteiger partial charge in [0.2, 0.25) is 5.95 Å². The lowest BCUT2D eigenvalue weighted by molar-refractivity contribution is 0.769. The Kier molecular flexibility index (Phi) is 8.36. The van der Waals surface area contributed by atoms with Crippen molar-refractivity contribution in [2.24, 2.45) is 0 Å². The highest BCUT2D eigenvalue weighted by Crippen LogP contribution is 2.56. The minimum absolute atomic E-state index is 0.499. The summed E-state index contributed by atoms with van der Waals surface area (Å²) in [6.07, 6.45) is 0. The summed E-state index contributed by atoms with van der Waals surface area (Å²) in [7, 11) is 0. The molecule has 1 aliphatic rings. The zero-order valence-electron chi connectivity index (χ0n) is 33.7. The number of fused-ring (bicyclic) bond motifs is 6. The van der Waals surface area contributed by atoms with Crippen LogP contribution in [0.15, 0.2) is 231 Å². The van der Waals surface area contributed by atoms with E-state index in [1.807, 2.05) is 36.4 Å². The highest BCUT2D eigenvalue weighted by molar-refractivity contribution is 6.16. The van der Waals surface area contributed by atoms with Crippen molar-refractivity contribution in [2.45, 2.75) is 5.41 Å². The number of hydrogen-bond acceptors (Lipinski definition) is 3. The fraction of sp³-hybridized carbons (Fsp3) is 0.0172. The minimum Gasteiger partial charge on any atom is -0.278 e. The van der Waals surface area contributed by atoms with E-state index in [4.69, 9.17) is 15.0 Å². The van der Waals surface area contributed by atoms with Crippen LogP contribution in [0.25, 0.3) is 83.9 Å². The Morgan fingerprint density at radius 3 is 1.45 bits per heavy atom. The molecular weight excluding hydrogens is 753 g/mol. The topological polar surface area (TPSA) is 43.6 Å². The first-order valence-corrected chi connectivity index (χ1v) is 21.1. The zero-order chi connectivity index (χ0) is 41.0. The predicted octanol–water partition coefficient (Wildman–Crippen LogP) is 14.0. The van der Waals surface area contributed by atoms with Gasteiger partial charge in [-0.15, -0.1) is 0 Å². The maximum absolute atomic E-state index is 5.27. The van der Waals surface area contributed by atoms with E-state index in [1.54, 1.807) is 0 Å². The second kappa shape index (κ2) is 14.5. The zero-order valence-corrected chi connectivity index (χ0v) is 33.7. The predicted molar refractivity (Wildman–Crippen MR) is 253 cm³/mol. The molecule has 0 aliphatic heterocycles. The van der Waals surface area contributed by atoms with Crippen LogP contribution in [0.3, 0.4) is 0 Å². The van der Waals surface area contributed by atoms with Crippen LogP contribution < -0.4 is 0 Å². The molecule has 0 saturated carbocycles. The van der Waals surface area contributed by atoms with Crippen molar-refractivity contribution in [3.05, 3.63) is 253 Å². The van der Waals surface area contributed by atoms with Gasteiger partial charge in [-0.1, -0.05) is 212 Å². The summed E-state index contributed by atoms with van der Waals surface area (Å²) in [4.78, 5) is 15.6. The maximum Gasteiger partial charge on any atom is 0.238 e. The molecule has 0 bridgehead atoms. The van der Waals surface area contributed by atoms with Gasteiger partial charge in [0.25, 0.3) is 0 Å². The summed E-state index contributed by atoms with van der Waals surface area (Å²) >= 11 is 0. The molecule has 62 heavy (non-hydrogen) atoms. The molecule has 2 heterocycles. The van der Waals surface area contributed by atoms with Crippen LogP contribution in [-0.4, -0.2) is 19.5 Å². The lowest BCUT2D eigenvalue weighted by atomic mass is 9.67. The molecule has 0 saturated heterocycles. The van der Waals surface area contributed by atoms with Crippen molar-refractivity contribution in [3.8, 4) is 62.1 Å². The van der Waals surface area contributed by atoms with Crippen molar-refractivity contribution < 1.29 is 0 Å². The van der Waals surface area contributed by atoms with E-state index < -0.39 is 5.41 Å². The Balaban J connectivity index is 1.13. The fourth-order valence-corrected chi connectivity index (χ4v) is 9.84. The van der Waals surface area contributed by atoms with Crippen LogP contribution in [0, 0.1) is 0 Å². The van der Waals surface area contributed by atoms with Gasteiger partial charge < -0.3 is 0 Å².